The van der Waals surface area contributed by atoms with Gasteiger partial charge in [-0.1, -0.05) is 54.6 Å². The van der Waals surface area contributed by atoms with Gasteiger partial charge in [0.05, 0.1) is 10.9 Å². The van der Waals surface area contributed by atoms with Gasteiger partial charge in [0.15, 0.2) is 24.8 Å². The molecule has 0 aromatic heterocycles. The molecule has 0 radical (unpaired) electrons. The molecule has 9 heteroatoms. The van der Waals surface area contributed by atoms with Crippen molar-refractivity contribution in [2.75, 3.05) is 0 Å². The van der Waals surface area contributed by atoms with Gasteiger partial charge in [-0.15, -0.1) is 0 Å². The van der Waals surface area contributed by atoms with Crippen LogP contribution < -0.4 is 0 Å². The van der Waals surface area contributed by atoms with Gasteiger partial charge in [0.1, 0.15) is 12.5 Å². The molecular formula is C31H32F2O5S2. The number of rotatable bonds is 7. The molecular weight excluding hydrogens is 554 g/mol. The van der Waals surface area contributed by atoms with Crippen LogP contribution in [0.4, 0.5) is 8.78 Å². The van der Waals surface area contributed by atoms with E-state index in [0.29, 0.717) is 11.8 Å². The first kappa shape index (κ1) is 28.8. The van der Waals surface area contributed by atoms with Crippen molar-refractivity contribution in [1.82, 2.24) is 0 Å². The van der Waals surface area contributed by atoms with Gasteiger partial charge in [-0.3, -0.25) is 4.79 Å². The zero-order chi connectivity index (χ0) is 28.3. The van der Waals surface area contributed by atoms with Crippen LogP contribution >= 0.6 is 0 Å². The lowest BCUT2D eigenvalue weighted by molar-refractivity contribution is -0.174. The van der Waals surface area contributed by atoms with Crippen LogP contribution in [-0.2, 0) is 30.5 Å². The zero-order valence-electron chi connectivity index (χ0n) is 21.9. The molecule has 0 heterocycles. The minimum atomic E-state index is -5.84. The fourth-order valence-corrected chi connectivity index (χ4v) is 8.99. The summed E-state index contributed by atoms with van der Waals surface area (Å²) in [7, 11) is -5.86. The normalized spacial score (nSPS) is 25.2. The summed E-state index contributed by atoms with van der Waals surface area (Å²) < 4.78 is 62.6. The Balaban J connectivity index is 0.000000162. The quantitative estimate of drug-likeness (QED) is 0.176. The molecule has 4 aliphatic carbocycles. The molecule has 3 aromatic carbocycles. The van der Waals surface area contributed by atoms with E-state index in [2.05, 4.69) is 91.0 Å². The molecule has 5 nitrogen and oxygen atoms in total. The number of benzene rings is 3. The van der Waals surface area contributed by atoms with Crippen LogP contribution in [0.5, 0.6) is 0 Å². The summed E-state index contributed by atoms with van der Waals surface area (Å²) in [6.45, 7) is 0. The predicted octanol–water partition coefficient (Wildman–Crippen LogP) is 6.66. The lowest BCUT2D eigenvalue weighted by Crippen LogP contribution is -2.50. The third-order valence-corrected chi connectivity index (χ3v) is 11.2. The fourth-order valence-electron chi connectivity index (χ4n) is 6.60. The van der Waals surface area contributed by atoms with Gasteiger partial charge in [0, 0.05) is 0 Å². The summed E-state index contributed by atoms with van der Waals surface area (Å²) in [4.78, 5) is 15.7. The second-order valence-corrected chi connectivity index (χ2v) is 14.4. The van der Waals surface area contributed by atoms with Crippen LogP contribution in [-0.4, -0.2) is 30.3 Å². The lowest BCUT2D eigenvalue weighted by Gasteiger charge is -2.53. The van der Waals surface area contributed by atoms with E-state index in [0.717, 1.165) is 25.7 Å². The number of ether oxygens (including phenoxy) is 1. The number of carbonyl (C=O) groups excluding carboxylic acids is 1. The van der Waals surface area contributed by atoms with E-state index in [4.69, 9.17) is 4.74 Å². The van der Waals surface area contributed by atoms with Crippen molar-refractivity contribution in [3.8, 4) is 0 Å². The average molecular weight is 587 g/mol. The van der Waals surface area contributed by atoms with Crippen LogP contribution in [0.3, 0.4) is 0 Å². The number of hydrogen-bond donors (Lipinski definition) is 0. The van der Waals surface area contributed by atoms with Crippen molar-refractivity contribution in [1.29, 1.82) is 0 Å². The topological polar surface area (TPSA) is 83.5 Å². The van der Waals surface area contributed by atoms with Gasteiger partial charge in [-0.25, -0.2) is 8.42 Å². The Hall–Kier alpha value is -2.75. The Morgan fingerprint density at radius 3 is 1.48 bits per heavy atom. The summed E-state index contributed by atoms with van der Waals surface area (Å²) in [6.07, 6.45) is 2.91. The molecule has 0 aliphatic heterocycles. The minimum absolute atomic E-state index is 0.0146. The minimum Gasteiger partial charge on any atom is -0.743 e. The van der Waals surface area contributed by atoms with E-state index in [1.54, 1.807) is 0 Å². The molecule has 0 N–H and O–H groups in total. The van der Waals surface area contributed by atoms with E-state index in [9.17, 15) is 26.5 Å². The van der Waals surface area contributed by atoms with Gasteiger partial charge in [0.25, 0.3) is 0 Å². The van der Waals surface area contributed by atoms with Gasteiger partial charge < -0.3 is 9.29 Å². The standard InChI is InChI=1S/C18H15S.C13H18F2O5S/c1-4-10-16(11-5-1)19(17-12-6-2-7-13-17)18-14-8-3-9-15-18;14-13(15,21(17,18)19)6-11(16)20-12-9-2-7-1-8(4-9)5-10(12)3-7/h1-15H;7-10,12H,1-6H2,(H,17,18,19)/q+1;/p-1. The Morgan fingerprint density at radius 2 is 1.12 bits per heavy atom. The number of halogens is 2. The van der Waals surface area contributed by atoms with Gasteiger partial charge in [-0.2, -0.15) is 8.78 Å². The maximum Gasteiger partial charge on any atom is 0.344 e. The fraction of sp³-hybridized carbons (Fsp3) is 0.387. The van der Waals surface area contributed by atoms with Crippen LogP contribution in [0, 0.1) is 23.7 Å². The van der Waals surface area contributed by atoms with E-state index < -0.39 is 33.9 Å². The summed E-state index contributed by atoms with van der Waals surface area (Å²) in [5.74, 6) is 0.388. The third kappa shape index (κ3) is 6.58. The highest BCUT2D eigenvalue weighted by Crippen LogP contribution is 2.54. The van der Waals surface area contributed by atoms with Crippen molar-refractivity contribution in [2.45, 2.75) is 64.6 Å². The number of carbonyl (C=O) groups is 1. The number of alkyl halides is 2. The second kappa shape index (κ2) is 12.0. The Labute approximate surface area is 237 Å². The first-order valence-corrected chi connectivity index (χ1v) is 16.2. The summed E-state index contributed by atoms with van der Waals surface area (Å²) >= 11 is 0. The van der Waals surface area contributed by atoms with Crippen molar-refractivity contribution in [3.05, 3.63) is 91.0 Å². The largest absolute Gasteiger partial charge is 0.743 e. The van der Waals surface area contributed by atoms with Crippen molar-refractivity contribution >= 4 is 27.0 Å². The van der Waals surface area contributed by atoms with E-state index in [1.807, 2.05) is 0 Å². The molecule has 0 saturated heterocycles. The zero-order valence-corrected chi connectivity index (χ0v) is 23.5. The highest BCUT2D eigenvalue weighted by atomic mass is 32.2. The highest BCUT2D eigenvalue weighted by molar-refractivity contribution is 7.97. The first-order chi connectivity index (χ1) is 19.1. The molecule has 4 fully saturated rings. The number of esters is 1. The van der Waals surface area contributed by atoms with Gasteiger partial charge in [0.2, 0.25) is 0 Å². The lowest BCUT2D eigenvalue weighted by atomic mass is 9.55. The maximum absolute atomic E-state index is 13.1. The molecule has 7 rings (SSSR count). The second-order valence-electron chi connectivity index (χ2n) is 10.9. The molecule has 0 amide bonds. The number of hydrogen-bond acceptors (Lipinski definition) is 5. The Morgan fingerprint density at radius 1 is 0.750 bits per heavy atom. The van der Waals surface area contributed by atoms with Crippen LogP contribution in [0.1, 0.15) is 38.5 Å². The van der Waals surface area contributed by atoms with Gasteiger partial charge >= 0.3 is 11.2 Å². The highest BCUT2D eigenvalue weighted by Gasteiger charge is 2.51. The van der Waals surface area contributed by atoms with Crippen molar-refractivity contribution in [3.63, 3.8) is 0 Å². The van der Waals surface area contributed by atoms with Crippen LogP contribution in [0.2, 0.25) is 0 Å². The smallest absolute Gasteiger partial charge is 0.344 e. The Bertz CT molecular complexity index is 1260. The maximum atomic E-state index is 13.1. The molecule has 0 spiro atoms. The molecule has 3 aromatic rings. The molecule has 0 atom stereocenters. The molecule has 4 saturated carbocycles. The first-order valence-electron chi connectivity index (χ1n) is 13.5. The Kier molecular flexibility index (Phi) is 8.63. The van der Waals surface area contributed by atoms with E-state index in [1.165, 1.54) is 21.1 Å². The van der Waals surface area contributed by atoms with Gasteiger partial charge in [-0.05, 0) is 92.2 Å². The molecule has 4 aliphatic rings. The molecule has 0 unspecified atom stereocenters. The van der Waals surface area contributed by atoms with Crippen molar-refractivity contribution < 1.29 is 31.3 Å². The molecule has 4 bridgehead atoms. The van der Waals surface area contributed by atoms with E-state index >= 15 is 0 Å². The molecule has 212 valence electrons. The summed E-state index contributed by atoms with van der Waals surface area (Å²) in [5.41, 5.74) is 0. The van der Waals surface area contributed by atoms with Crippen LogP contribution in [0.25, 0.3) is 0 Å². The third-order valence-electron chi connectivity index (χ3n) is 8.06. The van der Waals surface area contributed by atoms with Crippen LogP contribution in [0.15, 0.2) is 106 Å². The van der Waals surface area contributed by atoms with Crippen molar-refractivity contribution in [2.24, 2.45) is 23.7 Å². The van der Waals surface area contributed by atoms with E-state index in [-0.39, 0.29) is 22.7 Å². The monoisotopic (exact) mass is 586 g/mol. The summed E-state index contributed by atoms with van der Waals surface area (Å²) in [6, 6.07) is 32.2. The molecule has 40 heavy (non-hydrogen) atoms. The average Bonchev–Trinajstić information content (AvgIpc) is 2.92. The summed E-state index contributed by atoms with van der Waals surface area (Å²) in [5, 5.41) is -4.60. The SMILES string of the molecule is O=C(CC(F)(F)S(=O)(=O)[O-])OC1C2CC3CC(C2)CC1C3.c1ccc([S+](c2ccccc2)c2ccccc2)cc1. The predicted molar refractivity (Wildman–Crippen MR) is 148 cm³/mol.